The van der Waals surface area contributed by atoms with E-state index in [2.05, 4.69) is 10.3 Å². The van der Waals surface area contributed by atoms with Crippen LogP contribution in [0.5, 0.6) is 0 Å². The minimum atomic E-state index is -0.751. The number of nitrogens with one attached hydrogen (secondary N) is 1. The van der Waals surface area contributed by atoms with Crippen molar-refractivity contribution in [3.8, 4) is 11.5 Å². The molecule has 0 aliphatic carbocycles. The molecule has 5 nitrogen and oxygen atoms in total. The minimum absolute atomic E-state index is 0.00214. The van der Waals surface area contributed by atoms with Crippen LogP contribution >= 0.6 is 0 Å². The van der Waals surface area contributed by atoms with Gasteiger partial charge in [-0.15, -0.1) is 0 Å². The van der Waals surface area contributed by atoms with E-state index in [1.54, 1.807) is 0 Å². The molecular weight excluding hydrogens is 292 g/mol. The molecule has 0 amide bonds. The van der Waals surface area contributed by atoms with Gasteiger partial charge < -0.3 is 14.8 Å². The highest BCUT2D eigenvalue weighted by Crippen LogP contribution is 2.35. The maximum absolute atomic E-state index is 11.2. The van der Waals surface area contributed by atoms with Crippen LogP contribution < -0.4 is 5.32 Å². The second kappa shape index (κ2) is 5.52. The third-order valence-corrected chi connectivity index (χ3v) is 4.34. The average molecular weight is 308 g/mol. The van der Waals surface area contributed by atoms with E-state index >= 15 is 0 Å². The monoisotopic (exact) mass is 308 g/mol. The topological polar surface area (TPSA) is 75.4 Å². The first-order chi connectivity index (χ1) is 11.2. The highest BCUT2D eigenvalue weighted by molar-refractivity contribution is 5.77. The number of hydrogen-bond acceptors (Lipinski definition) is 4. The molecule has 0 spiro atoms. The van der Waals surface area contributed by atoms with E-state index in [1.165, 1.54) is 0 Å². The maximum Gasteiger partial charge on any atom is 0.307 e. The van der Waals surface area contributed by atoms with E-state index in [0.29, 0.717) is 18.9 Å². The van der Waals surface area contributed by atoms with E-state index in [9.17, 15) is 9.90 Å². The Bertz CT molecular complexity index is 838. The SMILES string of the molecule is O=C(O)C1CNC(c2ccccc2-c2nc3ccccc3o2)C1. The maximum atomic E-state index is 11.2. The lowest BCUT2D eigenvalue weighted by Gasteiger charge is -2.14. The number of carboxylic acid groups (broad SMARTS) is 1. The van der Waals surface area contributed by atoms with Crippen LogP contribution in [0.1, 0.15) is 18.0 Å². The summed E-state index contributed by atoms with van der Waals surface area (Å²) in [5.74, 6) is -0.529. The summed E-state index contributed by atoms with van der Waals surface area (Å²) in [6.07, 6.45) is 0.576. The number of aliphatic carboxylic acids is 1. The van der Waals surface area contributed by atoms with Gasteiger partial charge in [-0.1, -0.05) is 30.3 Å². The summed E-state index contributed by atoms with van der Waals surface area (Å²) in [6, 6.07) is 15.5. The van der Waals surface area contributed by atoms with Crippen LogP contribution in [-0.4, -0.2) is 22.6 Å². The van der Waals surface area contributed by atoms with E-state index < -0.39 is 5.97 Å². The Kier molecular flexibility index (Phi) is 3.35. The molecule has 23 heavy (non-hydrogen) atoms. The summed E-state index contributed by atoms with van der Waals surface area (Å²) in [5.41, 5.74) is 3.51. The van der Waals surface area contributed by atoms with Gasteiger partial charge in [-0.05, 0) is 30.2 Å². The Hall–Kier alpha value is -2.66. The highest BCUT2D eigenvalue weighted by atomic mass is 16.4. The van der Waals surface area contributed by atoms with Crippen molar-refractivity contribution < 1.29 is 14.3 Å². The molecular formula is C18H16N2O3. The Labute approximate surface area is 133 Å². The van der Waals surface area contributed by atoms with Crippen molar-refractivity contribution >= 4 is 17.1 Å². The number of hydrogen-bond donors (Lipinski definition) is 2. The van der Waals surface area contributed by atoms with E-state index in [4.69, 9.17) is 4.42 Å². The van der Waals surface area contributed by atoms with Crippen molar-refractivity contribution in [2.24, 2.45) is 5.92 Å². The molecule has 1 aliphatic heterocycles. The zero-order chi connectivity index (χ0) is 15.8. The number of para-hydroxylation sites is 2. The molecule has 2 N–H and O–H groups in total. The van der Waals surface area contributed by atoms with Crippen molar-refractivity contribution in [3.05, 3.63) is 54.1 Å². The van der Waals surface area contributed by atoms with Gasteiger partial charge in [0.1, 0.15) is 5.52 Å². The molecule has 2 heterocycles. The largest absolute Gasteiger partial charge is 0.481 e. The Morgan fingerprint density at radius 2 is 1.96 bits per heavy atom. The fourth-order valence-corrected chi connectivity index (χ4v) is 3.14. The van der Waals surface area contributed by atoms with Crippen molar-refractivity contribution in [2.75, 3.05) is 6.54 Å². The van der Waals surface area contributed by atoms with E-state index in [-0.39, 0.29) is 12.0 Å². The molecule has 116 valence electrons. The van der Waals surface area contributed by atoms with Gasteiger partial charge in [0, 0.05) is 18.2 Å². The standard InChI is InChI=1S/C18H16N2O3/c21-18(22)11-9-15(19-10-11)12-5-1-2-6-13(12)17-20-14-7-3-4-8-16(14)23-17/h1-8,11,15,19H,9-10H2,(H,21,22). The second-order valence-electron chi connectivity index (χ2n) is 5.81. The molecule has 1 saturated heterocycles. The smallest absolute Gasteiger partial charge is 0.307 e. The van der Waals surface area contributed by atoms with Crippen LogP contribution in [0.25, 0.3) is 22.6 Å². The highest BCUT2D eigenvalue weighted by Gasteiger charge is 2.31. The van der Waals surface area contributed by atoms with Gasteiger partial charge in [-0.25, -0.2) is 4.98 Å². The van der Waals surface area contributed by atoms with Gasteiger partial charge in [-0.3, -0.25) is 4.79 Å². The molecule has 1 aliphatic rings. The zero-order valence-electron chi connectivity index (χ0n) is 12.4. The van der Waals surface area contributed by atoms with Crippen molar-refractivity contribution in [3.63, 3.8) is 0 Å². The Morgan fingerprint density at radius 1 is 1.17 bits per heavy atom. The molecule has 3 aromatic rings. The first kappa shape index (κ1) is 14.0. The van der Waals surface area contributed by atoms with E-state index in [1.807, 2.05) is 48.5 Å². The van der Waals surface area contributed by atoms with Crippen LogP contribution in [0.3, 0.4) is 0 Å². The van der Waals surface area contributed by atoms with Crippen molar-refractivity contribution in [1.29, 1.82) is 0 Å². The third-order valence-electron chi connectivity index (χ3n) is 4.34. The number of oxazole rings is 1. The average Bonchev–Trinajstić information content (AvgIpc) is 3.22. The molecule has 4 rings (SSSR count). The predicted molar refractivity (Wildman–Crippen MR) is 85.9 cm³/mol. The molecule has 1 fully saturated rings. The van der Waals surface area contributed by atoms with Gasteiger partial charge in [0.15, 0.2) is 5.58 Å². The summed E-state index contributed by atoms with van der Waals surface area (Å²) in [4.78, 5) is 15.7. The summed E-state index contributed by atoms with van der Waals surface area (Å²) < 4.78 is 5.87. The van der Waals surface area contributed by atoms with Crippen LogP contribution in [0.15, 0.2) is 52.9 Å². The lowest BCUT2D eigenvalue weighted by Crippen LogP contribution is -2.17. The quantitative estimate of drug-likeness (QED) is 0.777. The fraction of sp³-hybridized carbons (Fsp3) is 0.222. The van der Waals surface area contributed by atoms with Crippen molar-refractivity contribution in [1.82, 2.24) is 10.3 Å². The van der Waals surface area contributed by atoms with Crippen LogP contribution in [0, 0.1) is 5.92 Å². The molecule has 0 radical (unpaired) electrons. The lowest BCUT2D eigenvalue weighted by molar-refractivity contribution is -0.141. The Morgan fingerprint density at radius 3 is 2.74 bits per heavy atom. The molecule has 0 bridgehead atoms. The first-order valence-corrected chi connectivity index (χ1v) is 7.63. The van der Waals surface area contributed by atoms with Crippen LogP contribution in [0.4, 0.5) is 0 Å². The number of rotatable bonds is 3. The summed E-state index contributed by atoms with van der Waals surface area (Å²) in [6.45, 7) is 0.488. The zero-order valence-corrected chi connectivity index (χ0v) is 12.4. The summed E-state index contributed by atoms with van der Waals surface area (Å²) >= 11 is 0. The number of aromatic nitrogens is 1. The molecule has 2 atom stereocenters. The molecule has 0 saturated carbocycles. The molecule has 1 aromatic heterocycles. The fourth-order valence-electron chi connectivity index (χ4n) is 3.14. The van der Waals surface area contributed by atoms with Crippen LogP contribution in [0.2, 0.25) is 0 Å². The summed E-state index contributed by atoms with van der Waals surface area (Å²) in [7, 11) is 0. The minimum Gasteiger partial charge on any atom is -0.481 e. The van der Waals surface area contributed by atoms with Crippen molar-refractivity contribution in [2.45, 2.75) is 12.5 Å². The second-order valence-corrected chi connectivity index (χ2v) is 5.81. The van der Waals surface area contributed by atoms with Crippen LogP contribution in [-0.2, 0) is 4.79 Å². The summed E-state index contributed by atoms with van der Waals surface area (Å²) in [5, 5.41) is 12.5. The van der Waals surface area contributed by atoms with Gasteiger partial charge >= 0.3 is 5.97 Å². The molecule has 2 aromatic carbocycles. The normalized spacial score (nSPS) is 20.9. The molecule has 5 heteroatoms. The van der Waals surface area contributed by atoms with Gasteiger partial charge in [0.05, 0.1) is 5.92 Å². The number of benzene rings is 2. The number of nitrogens with zero attached hydrogens (tertiary/aromatic N) is 1. The predicted octanol–water partition coefficient (Wildman–Crippen LogP) is 3.23. The number of carbonyl (C=O) groups is 1. The lowest BCUT2D eigenvalue weighted by atomic mass is 9.96. The number of fused-ring (bicyclic) bond motifs is 1. The molecule has 2 unspecified atom stereocenters. The third kappa shape index (κ3) is 2.49. The first-order valence-electron chi connectivity index (χ1n) is 7.63. The van der Waals surface area contributed by atoms with E-state index in [0.717, 1.165) is 22.2 Å². The van der Waals surface area contributed by atoms with Gasteiger partial charge in [0.25, 0.3) is 0 Å². The Balaban J connectivity index is 1.74. The van der Waals surface area contributed by atoms with Gasteiger partial charge in [0.2, 0.25) is 5.89 Å². The number of carboxylic acids is 1. The van der Waals surface area contributed by atoms with Gasteiger partial charge in [-0.2, -0.15) is 0 Å².